The number of carbonyl (C=O) groups excluding carboxylic acids is 1. The van der Waals surface area contributed by atoms with Gasteiger partial charge in [-0.05, 0) is 73.5 Å². The third-order valence-corrected chi connectivity index (χ3v) is 8.29. The Morgan fingerprint density at radius 1 is 1.15 bits per heavy atom. The number of anilines is 1. The standard InChI is InChI=1S/C27H45N3O3/c1-25(2)18-23(29-19-20-7-9-21(10-8-20)30(4)5)27(12-11-24(31)28-15-16-33-6)14-13-26(3,32)17-22(25)27/h7-10,22-23,29,32H,11-19H2,1-6H3,(H,28,31). The molecule has 1 aromatic carbocycles. The molecule has 2 saturated carbocycles. The molecule has 0 spiro atoms. The van der Waals surface area contributed by atoms with Gasteiger partial charge in [-0.2, -0.15) is 0 Å². The summed E-state index contributed by atoms with van der Waals surface area (Å²) < 4.78 is 5.06. The van der Waals surface area contributed by atoms with Crippen LogP contribution in [0.15, 0.2) is 24.3 Å². The Hall–Kier alpha value is -1.63. The van der Waals surface area contributed by atoms with Crippen LogP contribution in [0.1, 0.15) is 64.9 Å². The monoisotopic (exact) mass is 459 g/mol. The van der Waals surface area contributed by atoms with Gasteiger partial charge in [-0.25, -0.2) is 0 Å². The minimum atomic E-state index is -0.622. The highest BCUT2D eigenvalue weighted by Gasteiger charge is 2.61. The Labute approximate surface area is 200 Å². The first-order valence-corrected chi connectivity index (χ1v) is 12.5. The zero-order chi connectivity index (χ0) is 24.3. The largest absolute Gasteiger partial charge is 0.390 e. The molecule has 33 heavy (non-hydrogen) atoms. The van der Waals surface area contributed by atoms with E-state index in [2.05, 4.69) is 67.7 Å². The van der Waals surface area contributed by atoms with Crippen LogP contribution in [0.4, 0.5) is 5.69 Å². The van der Waals surface area contributed by atoms with Crippen molar-refractivity contribution < 1.29 is 14.6 Å². The molecular formula is C27H45N3O3. The topological polar surface area (TPSA) is 73.8 Å². The number of benzene rings is 1. The molecule has 4 atom stereocenters. The lowest BCUT2D eigenvalue weighted by atomic mass is 9.57. The van der Waals surface area contributed by atoms with Crippen LogP contribution < -0.4 is 15.5 Å². The molecule has 2 aliphatic carbocycles. The molecule has 1 amide bonds. The van der Waals surface area contributed by atoms with Crippen molar-refractivity contribution in [3.63, 3.8) is 0 Å². The van der Waals surface area contributed by atoms with Crippen LogP contribution in [-0.2, 0) is 16.1 Å². The Morgan fingerprint density at radius 2 is 1.85 bits per heavy atom. The number of ether oxygens (including phenoxy) is 1. The molecule has 4 unspecified atom stereocenters. The Bertz CT molecular complexity index is 790. The van der Waals surface area contributed by atoms with Gasteiger partial charge in [-0.15, -0.1) is 0 Å². The summed E-state index contributed by atoms with van der Waals surface area (Å²) in [4.78, 5) is 14.7. The maximum atomic E-state index is 12.6. The highest BCUT2D eigenvalue weighted by molar-refractivity contribution is 5.75. The fourth-order valence-corrected chi connectivity index (χ4v) is 6.39. The first-order chi connectivity index (χ1) is 15.5. The van der Waals surface area contributed by atoms with Crippen LogP contribution in [0.2, 0.25) is 0 Å². The maximum Gasteiger partial charge on any atom is 0.220 e. The van der Waals surface area contributed by atoms with Crippen molar-refractivity contribution >= 4 is 11.6 Å². The molecule has 0 aliphatic heterocycles. The molecule has 6 heteroatoms. The molecule has 0 bridgehead atoms. The molecular weight excluding hydrogens is 414 g/mol. The van der Waals surface area contributed by atoms with E-state index in [1.54, 1.807) is 7.11 Å². The molecule has 2 fully saturated rings. The van der Waals surface area contributed by atoms with Crippen molar-refractivity contribution in [1.29, 1.82) is 0 Å². The van der Waals surface area contributed by atoms with Crippen molar-refractivity contribution in [2.75, 3.05) is 39.3 Å². The summed E-state index contributed by atoms with van der Waals surface area (Å²) in [7, 11) is 5.76. The number of aliphatic hydroxyl groups is 1. The first-order valence-electron chi connectivity index (χ1n) is 12.5. The van der Waals surface area contributed by atoms with Crippen molar-refractivity contribution in [2.45, 2.75) is 77.5 Å². The number of methoxy groups -OCH3 is 1. The van der Waals surface area contributed by atoms with Gasteiger partial charge in [0.25, 0.3) is 0 Å². The average Bonchev–Trinajstić information content (AvgIpc) is 2.97. The van der Waals surface area contributed by atoms with Crippen molar-refractivity contribution in [3.05, 3.63) is 29.8 Å². The number of nitrogens with one attached hydrogen (secondary N) is 2. The highest BCUT2D eigenvalue weighted by Crippen LogP contribution is 2.63. The summed E-state index contributed by atoms with van der Waals surface area (Å²) in [6, 6.07) is 9.05. The zero-order valence-corrected chi connectivity index (χ0v) is 21.5. The summed E-state index contributed by atoms with van der Waals surface area (Å²) in [5.41, 5.74) is 1.99. The molecule has 0 aromatic heterocycles. The highest BCUT2D eigenvalue weighted by atomic mass is 16.5. The van der Waals surface area contributed by atoms with Crippen LogP contribution in [0.25, 0.3) is 0 Å². The SMILES string of the molecule is COCCNC(=O)CCC12CCC(C)(O)CC1C(C)(C)CC2NCc1ccc(N(C)C)cc1. The van der Waals surface area contributed by atoms with E-state index in [-0.39, 0.29) is 16.7 Å². The average molecular weight is 460 g/mol. The van der Waals surface area contributed by atoms with E-state index in [0.29, 0.717) is 31.5 Å². The lowest BCUT2D eigenvalue weighted by Gasteiger charge is -2.51. The number of amides is 1. The molecule has 3 rings (SSSR count). The Kier molecular flexibility index (Phi) is 8.13. The summed E-state index contributed by atoms with van der Waals surface area (Å²) in [5, 5.41) is 17.8. The third-order valence-electron chi connectivity index (χ3n) is 8.29. The summed E-state index contributed by atoms with van der Waals surface area (Å²) in [5.74, 6) is 0.481. The predicted molar refractivity (Wildman–Crippen MR) is 134 cm³/mol. The molecule has 0 heterocycles. The minimum Gasteiger partial charge on any atom is -0.390 e. The second kappa shape index (κ2) is 10.3. The maximum absolute atomic E-state index is 12.6. The number of nitrogens with zero attached hydrogens (tertiary/aromatic N) is 1. The van der Waals surface area contributed by atoms with Crippen molar-refractivity contribution in [2.24, 2.45) is 16.7 Å². The number of hydrogen-bond donors (Lipinski definition) is 3. The Morgan fingerprint density at radius 3 is 2.48 bits per heavy atom. The van der Waals surface area contributed by atoms with Crippen LogP contribution in [0.5, 0.6) is 0 Å². The van der Waals surface area contributed by atoms with Gasteiger partial charge >= 0.3 is 0 Å². The summed E-state index contributed by atoms with van der Waals surface area (Å²) in [6.45, 7) is 8.58. The van der Waals surface area contributed by atoms with E-state index < -0.39 is 5.60 Å². The fourth-order valence-electron chi connectivity index (χ4n) is 6.39. The number of hydrogen-bond acceptors (Lipinski definition) is 5. The molecule has 0 saturated heterocycles. The second-order valence-corrected chi connectivity index (χ2v) is 11.5. The van der Waals surface area contributed by atoms with E-state index in [1.165, 1.54) is 11.3 Å². The van der Waals surface area contributed by atoms with Gasteiger partial charge in [0.05, 0.1) is 12.2 Å². The number of rotatable bonds is 10. The van der Waals surface area contributed by atoms with Crippen molar-refractivity contribution in [3.8, 4) is 0 Å². The van der Waals surface area contributed by atoms with Gasteiger partial charge in [-0.3, -0.25) is 4.79 Å². The van der Waals surface area contributed by atoms with Gasteiger partial charge in [0.1, 0.15) is 0 Å². The van der Waals surface area contributed by atoms with Crippen LogP contribution >= 0.6 is 0 Å². The van der Waals surface area contributed by atoms with E-state index in [4.69, 9.17) is 4.74 Å². The first kappa shape index (κ1) is 26.0. The minimum absolute atomic E-state index is 0.0217. The smallest absolute Gasteiger partial charge is 0.220 e. The normalized spacial score (nSPS) is 30.6. The third kappa shape index (κ3) is 6.09. The van der Waals surface area contributed by atoms with Crippen LogP contribution in [0, 0.1) is 16.7 Å². The van der Waals surface area contributed by atoms with E-state index in [0.717, 1.165) is 38.6 Å². The zero-order valence-electron chi connectivity index (χ0n) is 21.5. The molecule has 3 N–H and O–H groups in total. The van der Waals surface area contributed by atoms with Crippen LogP contribution in [0.3, 0.4) is 0 Å². The fraction of sp³-hybridized carbons (Fsp3) is 0.741. The molecule has 1 aromatic rings. The van der Waals surface area contributed by atoms with Gasteiger partial charge in [-0.1, -0.05) is 26.0 Å². The summed E-state index contributed by atoms with van der Waals surface area (Å²) in [6.07, 6.45) is 4.99. The van der Waals surface area contributed by atoms with Gasteiger partial charge in [0.15, 0.2) is 0 Å². The van der Waals surface area contributed by atoms with Gasteiger partial charge in [0.2, 0.25) is 5.91 Å². The predicted octanol–water partition coefficient (Wildman–Crippen LogP) is 3.72. The second-order valence-electron chi connectivity index (χ2n) is 11.5. The molecule has 6 nitrogen and oxygen atoms in total. The molecule has 0 radical (unpaired) electrons. The van der Waals surface area contributed by atoms with E-state index in [9.17, 15) is 9.90 Å². The Balaban J connectivity index is 1.76. The van der Waals surface area contributed by atoms with E-state index in [1.807, 2.05) is 6.92 Å². The van der Waals surface area contributed by atoms with Crippen LogP contribution in [-0.4, -0.2) is 57.0 Å². The van der Waals surface area contributed by atoms with E-state index >= 15 is 0 Å². The summed E-state index contributed by atoms with van der Waals surface area (Å²) >= 11 is 0. The van der Waals surface area contributed by atoms with Crippen molar-refractivity contribution in [1.82, 2.24) is 10.6 Å². The number of carbonyl (C=O) groups is 1. The molecule has 2 aliphatic rings. The van der Waals surface area contributed by atoms with Gasteiger partial charge < -0.3 is 25.4 Å². The lowest BCUT2D eigenvalue weighted by Crippen LogP contribution is -2.51. The number of fused-ring (bicyclic) bond motifs is 1. The molecule has 186 valence electrons. The quantitative estimate of drug-likeness (QED) is 0.465. The van der Waals surface area contributed by atoms with Gasteiger partial charge in [0, 0.05) is 52.4 Å². The lowest BCUT2D eigenvalue weighted by molar-refractivity contribution is -0.123.